The minimum Gasteiger partial charge on any atom is -0.490 e. The van der Waals surface area contributed by atoms with E-state index in [4.69, 9.17) is 4.74 Å². The molecule has 4 rings (SSSR count). The molecule has 1 unspecified atom stereocenters. The number of amides is 1. The van der Waals surface area contributed by atoms with Crippen LogP contribution in [0.25, 0.3) is 0 Å². The van der Waals surface area contributed by atoms with Crippen molar-refractivity contribution in [3.63, 3.8) is 0 Å². The highest BCUT2D eigenvalue weighted by Crippen LogP contribution is 2.22. The van der Waals surface area contributed by atoms with Crippen molar-refractivity contribution in [3.05, 3.63) is 59.9 Å². The van der Waals surface area contributed by atoms with Crippen LogP contribution in [0.3, 0.4) is 0 Å². The number of aliphatic hydroxyl groups is 1. The molecule has 0 aliphatic carbocycles. The Hall–Kier alpha value is -2.44. The van der Waals surface area contributed by atoms with Gasteiger partial charge in [-0.3, -0.25) is 14.7 Å². The molecule has 30 heavy (non-hydrogen) atoms. The van der Waals surface area contributed by atoms with Gasteiger partial charge in [0.2, 0.25) is 0 Å². The number of hydrogen-bond donors (Lipinski definition) is 1. The monoisotopic (exact) mass is 409 g/mol. The van der Waals surface area contributed by atoms with Crippen LogP contribution >= 0.6 is 0 Å². The maximum Gasteiger partial charge on any atom is 0.253 e. The molecule has 0 radical (unpaired) electrons. The molecule has 6 nitrogen and oxygen atoms in total. The number of nitrogens with zero attached hydrogens (tertiary/aromatic N) is 3. The van der Waals surface area contributed by atoms with E-state index in [9.17, 15) is 9.90 Å². The maximum absolute atomic E-state index is 12.7. The van der Waals surface area contributed by atoms with Crippen LogP contribution in [0.5, 0.6) is 5.75 Å². The van der Waals surface area contributed by atoms with Crippen LogP contribution in [0, 0.1) is 5.92 Å². The zero-order valence-corrected chi connectivity index (χ0v) is 17.4. The number of hydrogen-bond acceptors (Lipinski definition) is 5. The lowest BCUT2D eigenvalue weighted by atomic mass is 9.98. The summed E-state index contributed by atoms with van der Waals surface area (Å²) in [6, 6.07) is 13.6. The first-order valence-electron chi connectivity index (χ1n) is 11.0. The Labute approximate surface area is 178 Å². The molecule has 2 saturated heterocycles. The second-order valence-corrected chi connectivity index (χ2v) is 8.38. The summed E-state index contributed by atoms with van der Waals surface area (Å²) in [5, 5.41) is 9.38. The fraction of sp³-hybridized carbons (Fsp3) is 0.500. The van der Waals surface area contributed by atoms with Crippen LogP contribution in [0.2, 0.25) is 0 Å². The van der Waals surface area contributed by atoms with Crippen LogP contribution in [-0.4, -0.2) is 64.7 Å². The third-order valence-electron chi connectivity index (χ3n) is 6.11. The molecule has 3 heterocycles. The molecule has 2 fully saturated rings. The Morgan fingerprint density at radius 3 is 2.57 bits per heavy atom. The van der Waals surface area contributed by atoms with Gasteiger partial charge in [-0.1, -0.05) is 6.07 Å². The Kier molecular flexibility index (Phi) is 6.97. The molecule has 0 saturated carbocycles. The summed E-state index contributed by atoms with van der Waals surface area (Å²) in [6.45, 7) is 4.45. The third-order valence-corrected chi connectivity index (χ3v) is 6.11. The highest BCUT2D eigenvalue weighted by Gasteiger charge is 2.24. The van der Waals surface area contributed by atoms with Gasteiger partial charge < -0.3 is 14.7 Å². The molecule has 0 spiro atoms. The van der Waals surface area contributed by atoms with Crippen molar-refractivity contribution in [2.75, 3.05) is 32.8 Å². The lowest BCUT2D eigenvalue weighted by Crippen LogP contribution is -2.40. The number of benzene rings is 1. The molecule has 2 aliphatic rings. The largest absolute Gasteiger partial charge is 0.490 e. The summed E-state index contributed by atoms with van der Waals surface area (Å²) in [7, 11) is 0. The van der Waals surface area contributed by atoms with Crippen LogP contribution in [0.4, 0.5) is 0 Å². The fourth-order valence-corrected chi connectivity index (χ4v) is 4.36. The summed E-state index contributed by atoms with van der Waals surface area (Å²) < 4.78 is 6.17. The van der Waals surface area contributed by atoms with Crippen LogP contribution in [0.1, 0.15) is 41.7 Å². The van der Waals surface area contributed by atoms with E-state index in [2.05, 4.69) is 16.0 Å². The summed E-state index contributed by atoms with van der Waals surface area (Å²) in [5.74, 6) is 1.07. The second kappa shape index (κ2) is 10.0. The molecular weight excluding hydrogens is 378 g/mol. The predicted octanol–water partition coefficient (Wildman–Crippen LogP) is 2.97. The number of carbonyl (C=O) groups is 1. The van der Waals surface area contributed by atoms with Gasteiger partial charge in [0, 0.05) is 51.1 Å². The van der Waals surface area contributed by atoms with E-state index < -0.39 is 0 Å². The van der Waals surface area contributed by atoms with E-state index in [-0.39, 0.29) is 24.5 Å². The van der Waals surface area contributed by atoms with Gasteiger partial charge >= 0.3 is 0 Å². The minimum atomic E-state index is 0.0440. The number of piperidine rings is 2. The van der Waals surface area contributed by atoms with Gasteiger partial charge in [0.25, 0.3) is 5.91 Å². The molecule has 2 aliphatic heterocycles. The Morgan fingerprint density at radius 1 is 1.07 bits per heavy atom. The van der Waals surface area contributed by atoms with Crippen molar-refractivity contribution < 1.29 is 14.6 Å². The highest BCUT2D eigenvalue weighted by molar-refractivity contribution is 5.94. The van der Waals surface area contributed by atoms with E-state index in [0.29, 0.717) is 12.1 Å². The molecule has 1 aromatic carbocycles. The van der Waals surface area contributed by atoms with Crippen molar-refractivity contribution in [1.82, 2.24) is 14.8 Å². The van der Waals surface area contributed by atoms with Gasteiger partial charge in [0.15, 0.2) is 0 Å². The van der Waals surface area contributed by atoms with Crippen LogP contribution < -0.4 is 4.74 Å². The number of rotatable bonds is 6. The number of aliphatic hydroxyl groups excluding tert-OH is 1. The summed E-state index contributed by atoms with van der Waals surface area (Å²) in [4.78, 5) is 21.4. The normalized spacial score (nSPS) is 20.8. The Bertz CT molecular complexity index is 804. The molecule has 1 atom stereocenters. The molecular formula is C24H31N3O3. The second-order valence-electron chi connectivity index (χ2n) is 8.38. The van der Waals surface area contributed by atoms with Gasteiger partial charge in [0.05, 0.1) is 5.69 Å². The quantitative estimate of drug-likeness (QED) is 0.795. The molecule has 0 bridgehead atoms. The van der Waals surface area contributed by atoms with E-state index >= 15 is 0 Å². The highest BCUT2D eigenvalue weighted by atomic mass is 16.5. The minimum absolute atomic E-state index is 0.0440. The summed E-state index contributed by atoms with van der Waals surface area (Å²) >= 11 is 0. The molecule has 160 valence electrons. The fourth-order valence-electron chi connectivity index (χ4n) is 4.36. The van der Waals surface area contributed by atoms with Crippen LogP contribution in [-0.2, 0) is 6.54 Å². The van der Waals surface area contributed by atoms with Gasteiger partial charge in [0.1, 0.15) is 11.9 Å². The molecule has 1 amide bonds. The average molecular weight is 410 g/mol. The van der Waals surface area contributed by atoms with Gasteiger partial charge in [-0.25, -0.2) is 0 Å². The predicted molar refractivity (Wildman–Crippen MR) is 115 cm³/mol. The van der Waals surface area contributed by atoms with E-state index in [1.165, 1.54) is 0 Å². The Balaban J connectivity index is 1.25. The average Bonchev–Trinajstić information content (AvgIpc) is 2.81. The van der Waals surface area contributed by atoms with Crippen LogP contribution in [0.15, 0.2) is 48.7 Å². The van der Waals surface area contributed by atoms with Crippen molar-refractivity contribution in [3.8, 4) is 5.75 Å². The van der Waals surface area contributed by atoms with E-state index in [0.717, 1.165) is 63.3 Å². The summed E-state index contributed by atoms with van der Waals surface area (Å²) in [6.07, 6.45) is 5.98. The van der Waals surface area contributed by atoms with Gasteiger partial charge in [-0.15, -0.1) is 0 Å². The summed E-state index contributed by atoms with van der Waals surface area (Å²) in [5.41, 5.74) is 1.79. The van der Waals surface area contributed by atoms with Crippen molar-refractivity contribution in [2.24, 2.45) is 5.92 Å². The smallest absolute Gasteiger partial charge is 0.253 e. The molecule has 1 aromatic heterocycles. The lowest BCUT2D eigenvalue weighted by Gasteiger charge is -2.32. The number of ether oxygens (including phenoxy) is 1. The van der Waals surface area contributed by atoms with E-state index in [1.807, 2.05) is 47.5 Å². The van der Waals surface area contributed by atoms with Crippen molar-refractivity contribution >= 4 is 5.91 Å². The van der Waals surface area contributed by atoms with E-state index in [1.54, 1.807) is 0 Å². The number of likely N-dealkylation sites (tertiary alicyclic amines) is 2. The van der Waals surface area contributed by atoms with Crippen molar-refractivity contribution in [2.45, 2.75) is 38.3 Å². The Morgan fingerprint density at radius 2 is 1.87 bits per heavy atom. The number of pyridine rings is 1. The zero-order chi connectivity index (χ0) is 20.8. The van der Waals surface area contributed by atoms with Gasteiger partial charge in [-0.2, -0.15) is 0 Å². The molecule has 2 aromatic rings. The first-order chi connectivity index (χ1) is 14.7. The zero-order valence-electron chi connectivity index (χ0n) is 17.4. The first-order valence-corrected chi connectivity index (χ1v) is 11.0. The lowest BCUT2D eigenvalue weighted by molar-refractivity contribution is 0.0620. The third kappa shape index (κ3) is 5.37. The molecule has 1 N–H and O–H groups in total. The topological polar surface area (TPSA) is 65.9 Å². The number of carbonyl (C=O) groups excluding carboxylic acids is 1. The first kappa shape index (κ1) is 20.8. The van der Waals surface area contributed by atoms with Crippen molar-refractivity contribution in [1.29, 1.82) is 0 Å². The molecule has 6 heteroatoms. The standard InChI is InChI=1S/C24H31N3O3/c28-18-19-4-3-13-27(16-19)24(29)20-6-8-22(9-7-20)30-23-10-14-26(15-11-23)17-21-5-1-2-12-25-21/h1-2,5-9,12,19,23,28H,3-4,10-11,13-18H2. The number of aromatic nitrogens is 1. The van der Waals surface area contributed by atoms with Gasteiger partial charge in [-0.05, 0) is 68.0 Å². The maximum atomic E-state index is 12.7. The SMILES string of the molecule is O=C(c1ccc(OC2CCN(Cc3ccccn3)CC2)cc1)N1CCCC(CO)C1.